The number of rotatable bonds is 10. The molecule has 0 spiro atoms. The molecule has 0 saturated heterocycles. The molecule has 1 heterocycles. The van der Waals surface area contributed by atoms with E-state index in [0.29, 0.717) is 0 Å². The number of hydrogen-bond acceptors (Lipinski definition) is 4. The smallest absolute Gasteiger partial charge is 0.0557 e. The maximum Gasteiger partial charge on any atom is 0.0557 e. The SMILES string of the molecule is CCCCN(CCCC)c1cc(C)c2c(c1)Sc1cc(N(CC)CC)cc(C)c1N2. The molecule has 0 radical (unpaired) electrons. The van der Waals surface area contributed by atoms with Crippen LogP contribution < -0.4 is 15.1 Å². The summed E-state index contributed by atoms with van der Waals surface area (Å²) in [7, 11) is 0. The van der Waals surface area contributed by atoms with Gasteiger partial charge in [0.1, 0.15) is 0 Å². The second kappa shape index (κ2) is 10.5. The number of nitrogens with one attached hydrogen (secondary N) is 1. The molecule has 3 nitrogen and oxygen atoms in total. The van der Waals surface area contributed by atoms with Crippen LogP contribution in [0.1, 0.15) is 64.5 Å². The third-order valence-corrected chi connectivity index (χ3v) is 7.18. The summed E-state index contributed by atoms with van der Waals surface area (Å²) in [6, 6.07) is 9.48. The van der Waals surface area contributed by atoms with Crippen LogP contribution in [0.15, 0.2) is 34.1 Å². The van der Waals surface area contributed by atoms with E-state index >= 15 is 0 Å². The highest BCUT2D eigenvalue weighted by Gasteiger charge is 2.22. The fourth-order valence-corrected chi connectivity index (χ4v) is 5.44. The van der Waals surface area contributed by atoms with Crippen molar-refractivity contribution in [3.63, 3.8) is 0 Å². The Hall–Kier alpha value is -1.81. The second-order valence-corrected chi connectivity index (χ2v) is 9.45. The third kappa shape index (κ3) is 4.91. The van der Waals surface area contributed by atoms with Crippen LogP contribution >= 0.6 is 11.8 Å². The highest BCUT2D eigenvalue weighted by atomic mass is 32.2. The fourth-order valence-electron chi connectivity index (χ4n) is 4.22. The minimum absolute atomic E-state index is 1.04. The van der Waals surface area contributed by atoms with Crippen molar-refractivity contribution >= 4 is 34.5 Å². The summed E-state index contributed by atoms with van der Waals surface area (Å²) in [6.07, 6.45) is 4.98. The first kappa shape index (κ1) is 22.9. The van der Waals surface area contributed by atoms with Crippen LogP contribution in [-0.2, 0) is 0 Å². The summed E-state index contributed by atoms with van der Waals surface area (Å²) in [5.41, 5.74) is 7.92. The van der Waals surface area contributed by atoms with E-state index in [1.54, 1.807) is 0 Å². The maximum atomic E-state index is 3.77. The van der Waals surface area contributed by atoms with Gasteiger partial charge in [-0.1, -0.05) is 38.5 Å². The Morgan fingerprint density at radius 2 is 1.17 bits per heavy atom. The maximum absolute atomic E-state index is 3.77. The van der Waals surface area contributed by atoms with Crippen molar-refractivity contribution in [2.45, 2.75) is 77.0 Å². The van der Waals surface area contributed by atoms with Crippen molar-refractivity contribution in [3.8, 4) is 0 Å². The summed E-state index contributed by atoms with van der Waals surface area (Å²) in [5.74, 6) is 0. The van der Waals surface area contributed by atoms with Crippen LogP contribution in [0.25, 0.3) is 0 Å². The molecule has 1 aliphatic rings. The lowest BCUT2D eigenvalue weighted by molar-refractivity contribution is 0.677. The molecule has 0 aromatic heterocycles. The number of nitrogens with zero attached hydrogens (tertiary/aromatic N) is 2. The lowest BCUT2D eigenvalue weighted by atomic mass is 10.1. The lowest BCUT2D eigenvalue weighted by Gasteiger charge is -2.30. The summed E-state index contributed by atoms with van der Waals surface area (Å²) in [5, 5.41) is 3.77. The van der Waals surface area contributed by atoms with Gasteiger partial charge in [-0.25, -0.2) is 0 Å². The molecule has 3 rings (SSSR count). The van der Waals surface area contributed by atoms with Gasteiger partial charge in [0.25, 0.3) is 0 Å². The minimum atomic E-state index is 1.04. The quantitative estimate of drug-likeness (QED) is 0.357. The van der Waals surface area contributed by atoms with E-state index in [1.165, 1.54) is 69.4 Å². The molecule has 164 valence electrons. The molecular formula is C26H39N3S. The summed E-state index contributed by atoms with van der Waals surface area (Å²) in [4.78, 5) is 7.72. The zero-order valence-electron chi connectivity index (χ0n) is 19.8. The molecule has 0 fully saturated rings. The number of fused-ring (bicyclic) bond motifs is 2. The monoisotopic (exact) mass is 425 g/mol. The van der Waals surface area contributed by atoms with Crippen LogP contribution in [0.2, 0.25) is 0 Å². The largest absolute Gasteiger partial charge is 0.372 e. The van der Waals surface area contributed by atoms with Gasteiger partial charge < -0.3 is 15.1 Å². The van der Waals surface area contributed by atoms with E-state index in [0.717, 1.165) is 26.2 Å². The first-order valence-electron chi connectivity index (χ1n) is 11.8. The van der Waals surface area contributed by atoms with Gasteiger partial charge in [-0.15, -0.1) is 0 Å². The highest BCUT2D eigenvalue weighted by Crippen LogP contribution is 2.49. The van der Waals surface area contributed by atoms with Gasteiger partial charge in [-0.2, -0.15) is 0 Å². The van der Waals surface area contributed by atoms with E-state index < -0.39 is 0 Å². The highest BCUT2D eigenvalue weighted by molar-refractivity contribution is 7.99. The van der Waals surface area contributed by atoms with Crippen LogP contribution in [0.5, 0.6) is 0 Å². The number of aryl methyl sites for hydroxylation is 2. The Kier molecular flexibility index (Phi) is 7.99. The molecule has 2 aromatic carbocycles. The fraction of sp³-hybridized carbons (Fsp3) is 0.538. The zero-order chi connectivity index (χ0) is 21.7. The van der Waals surface area contributed by atoms with Crippen molar-refractivity contribution in [1.29, 1.82) is 0 Å². The Labute approximate surface area is 188 Å². The third-order valence-electron chi connectivity index (χ3n) is 6.10. The standard InChI is InChI=1S/C26H39N3S/c1-7-11-13-29(14-12-8-2)22-16-20(6)26-24(18-22)30-23-17-21(28(9-3)10-4)15-19(5)25(23)27-26/h15-18,27H,7-14H2,1-6H3. The number of anilines is 4. The van der Waals surface area contributed by atoms with Gasteiger partial charge in [0.2, 0.25) is 0 Å². The van der Waals surface area contributed by atoms with Crippen molar-refractivity contribution in [2.75, 3.05) is 41.3 Å². The first-order chi connectivity index (χ1) is 14.5. The summed E-state index contributed by atoms with van der Waals surface area (Å²) >= 11 is 1.93. The van der Waals surface area contributed by atoms with E-state index in [4.69, 9.17) is 0 Å². The van der Waals surface area contributed by atoms with Crippen molar-refractivity contribution in [1.82, 2.24) is 0 Å². The molecule has 0 atom stereocenters. The van der Waals surface area contributed by atoms with Crippen LogP contribution in [-0.4, -0.2) is 26.2 Å². The molecule has 4 heteroatoms. The van der Waals surface area contributed by atoms with Crippen LogP contribution in [0.4, 0.5) is 22.7 Å². The molecule has 0 bridgehead atoms. The van der Waals surface area contributed by atoms with E-state index in [9.17, 15) is 0 Å². The Balaban J connectivity index is 1.95. The number of hydrogen-bond donors (Lipinski definition) is 1. The molecule has 0 amide bonds. The zero-order valence-corrected chi connectivity index (χ0v) is 20.6. The minimum Gasteiger partial charge on any atom is -0.372 e. The van der Waals surface area contributed by atoms with E-state index in [2.05, 4.69) is 80.9 Å². The summed E-state index contributed by atoms with van der Waals surface area (Å²) < 4.78 is 0. The van der Waals surface area contributed by atoms with Crippen molar-refractivity contribution in [2.24, 2.45) is 0 Å². The number of unbranched alkanes of at least 4 members (excludes halogenated alkanes) is 2. The average molecular weight is 426 g/mol. The van der Waals surface area contributed by atoms with Gasteiger partial charge in [-0.05, 0) is 75.9 Å². The van der Waals surface area contributed by atoms with Gasteiger partial charge in [0.05, 0.1) is 11.4 Å². The molecule has 0 saturated carbocycles. The first-order valence-corrected chi connectivity index (χ1v) is 12.6. The summed E-state index contributed by atoms with van der Waals surface area (Å²) in [6.45, 7) is 17.9. The molecule has 30 heavy (non-hydrogen) atoms. The normalized spacial score (nSPS) is 12.2. The average Bonchev–Trinajstić information content (AvgIpc) is 2.73. The lowest BCUT2D eigenvalue weighted by Crippen LogP contribution is -2.26. The Morgan fingerprint density at radius 1 is 0.700 bits per heavy atom. The van der Waals surface area contributed by atoms with E-state index in [-0.39, 0.29) is 0 Å². The Morgan fingerprint density at radius 3 is 1.60 bits per heavy atom. The molecule has 2 aromatic rings. The van der Waals surface area contributed by atoms with Gasteiger partial charge in [0, 0.05) is 47.3 Å². The van der Waals surface area contributed by atoms with Gasteiger partial charge >= 0.3 is 0 Å². The van der Waals surface area contributed by atoms with Crippen LogP contribution in [0.3, 0.4) is 0 Å². The molecular weight excluding hydrogens is 386 g/mol. The number of benzene rings is 2. The van der Waals surface area contributed by atoms with Crippen molar-refractivity contribution < 1.29 is 0 Å². The molecule has 1 N–H and O–H groups in total. The van der Waals surface area contributed by atoms with Gasteiger partial charge in [0.15, 0.2) is 0 Å². The van der Waals surface area contributed by atoms with Gasteiger partial charge in [-0.3, -0.25) is 0 Å². The van der Waals surface area contributed by atoms with E-state index in [1.807, 2.05) is 11.8 Å². The molecule has 1 aliphatic heterocycles. The second-order valence-electron chi connectivity index (χ2n) is 8.37. The Bertz CT molecular complexity index is 850. The predicted octanol–water partition coefficient (Wildman–Crippen LogP) is 7.76. The van der Waals surface area contributed by atoms with Crippen molar-refractivity contribution in [3.05, 3.63) is 35.4 Å². The molecule has 0 unspecified atom stereocenters. The predicted molar refractivity (Wildman–Crippen MR) is 135 cm³/mol. The topological polar surface area (TPSA) is 18.5 Å². The van der Waals surface area contributed by atoms with Crippen LogP contribution in [0, 0.1) is 13.8 Å². The molecule has 0 aliphatic carbocycles.